The molecule has 4 rings (SSSR count). The molecule has 0 spiro atoms. The zero-order chi connectivity index (χ0) is 21.8. The Labute approximate surface area is 185 Å². The Kier molecular flexibility index (Phi) is 6.18. The number of amides is 1. The predicted octanol–water partition coefficient (Wildman–Crippen LogP) is 4.66. The second kappa shape index (κ2) is 9.18. The van der Waals surface area contributed by atoms with Gasteiger partial charge in [-0.15, -0.1) is 10.2 Å². The summed E-state index contributed by atoms with van der Waals surface area (Å²) in [5, 5.41) is 9.03. The van der Waals surface area contributed by atoms with Crippen molar-refractivity contribution in [3.05, 3.63) is 66.7 Å². The molecule has 1 aliphatic rings. The summed E-state index contributed by atoms with van der Waals surface area (Å²) in [6.45, 7) is 5.91. The molecule has 7 nitrogen and oxygen atoms in total. The molecule has 1 aromatic heterocycles. The minimum atomic E-state index is -0.713. The number of hydrogen-bond acceptors (Lipinski definition) is 7. The van der Waals surface area contributed by atoms with Gasteiger partial charge < -0.3 is 9.47 Å². The highest BCUT2D eigenvalue weighted by Gasteiger charge is 2.35. The molecule has 31 heavy (non-hydrogen) atoms. The molecule has 1 atom stereocenters. The zero-order valence-corrected chi connectivity index (χ0v) is 18.1. The molecule has 3 aromatic rings. The summed E-state index contributed by atoms with van der Waals surface area (Å²) in [5.74, 6) is 0.977. The monoisotopic (exact) mass is 434 g/mol. The van der Waals surface area contributed by atoms with Gasteiger partial charge in [-0.25, -0.2) is 0 Å². The van der Waals surface area contributed by atoms with Crippen molar-refractivity contribution in [1.82, 2.24) is 15.2 Å². The average molecular weight is 435 g/mol. The van der Waals surface area contributed by atoms with E-state index in [0.717, 1.165) is 11.1 Å². The third-order valence-electron chi connectivity index (χ3n) is 4.80. The van der Waals surface area contributed by atoms with Crippen molar-refractivity contribution in [3.8, 4) is 22.9 Å². The van der Waals surface area contributed by atoms with Crippen LogP contribution in [-0.2, 0) is 4.79 Å². The van der Waals surface area contributed by atoms with E-state index in [4.69, 9.17) is 9.47 Å². The average Bonchev–Trinajstić information content (AvgIpc) is 2.96. The first-order valence-corrected chi connectivity index (χ1v) is 11.1. The van der Waals surface area contributed by atoms with Crippen LogP contribution >= 0.6 is 11.8 Å². The molecular formula is C23H22N4O3S. The van der Waals surface area contributed by atoms with Gasteiger partial charge in [-0.1, -0.05) is 49.5 Å². The Morgan fingerprint density at radius 2 is 2.00 bits per heavy atom. The van der Waals surface area contributed by atoms with Crippen molar-refractivity contribution in [3.63, 3.8) is 0 Å². The van der Waals surface area contributed by atoms with Gasteiger partial charge in [0.2, 0.25) is 23.2 Å². The van der Waals surface area contributed by atoms with Crippen LogP contribution < -0.4 is 14.4 Å². The molecule has 0 N–H and O–H groups in total. The fourth-order valence-corrected chi connectivity index (χ4v) is 3.64. The van der Waals surface area contributed by atoms with Crippen LogP contribution in [-0.4, -0.2) is 34.0 Å². The molecule has 2 heterocycles. The number of para-hydroxylation sites is 1. The first-order valence-electron chi connectivity index (χ1n) is 9.86. The minimum absolute atomic E-state index is 0.0738. The number of anilines is 1. The van der Waals surface area contributed by atoms with Crippen LogP contribution in [0.1, 0.15) is 25.1 Å². The Hall–Kier alpha value is -3.39. The van der Waals surface area contributed by atoms with Crippen LogP contribution in [0.15, 0.2) is 66.3 Å². The number of fused-ring (bicyclic) bond motifs is 3. The Morgan fingerprint density at radius 3 is 2.71 bits per heavy atom. The fourth-order valence-electron chi connectivity index (χ4n) is 3.34. The lowest BCUT2D eigenvalue weighted by molar-refractivity contribution is -0.120. The number of hydrogen-bond donors (Lipinski definition) is 0. The number of benzene rings is 2. The molecule has 2 aromatic carbocycles. The Bertz CT molecular complexity index is 1100. The summed E-state index contributed by atoms with van der Waals surface area (Å²) in [4.78, 5) is 19.3. The van der Waals surface area contributed by atoms with Crippen LogP contribution in [0.3, 0.4) is 0 Å². The topological polar surface area (TPSA) is 77.4 Å². The summed E-state index contributed by atoms with van der Waals surface area (Å²) in [6.07, 6.45) is 3.17. The number of nitrogens with zero attached hydrogens (tertiary/aromatic N) is 4. The summed E-state index contributed by atoms with van der Waals surface area (Å²) in [5.41, 5.74) is 2.76. The van der Waals surface area contributed by atoms with Gasteiger partial charge in [-0.3, -0.25) is 9.69 Å². The highest BCUT2D eigenvalue weighted by atomic mass is 32.2. The van der Waals surface area contributed by atoms with E-state index in [1.165, 1.54) is 11.8 Å². The number of thioether (sulfide) groups is 1. The molecule has 1 aliphatic heterocycles. The molecule has 0 radical (unpaired) electrons. The highest BCUT2D eigenvalue weighted by Crippen LogP contribution is 2.43. The van der Waals surface area contributed by atoms with Crippen LogP contribution in [0.25, 0.3) is 11.3 Å². The van der Waals surface area contributed by atoms with Gasteiger partial charge in [0, 0.05) is 17.5 Å². The van der Waals surface area contributed by atoms with Crippen LogP contribution in [0.5, 0.6) is 11.6 Å². The lowest BCUT2D eigenvalue weighted by atomic mass is 10.1. The summed E-state index contributed by atoms with van der Waals surface area (Å²) in [7, 11) is 0. The van der Waals surface area contributed by atoms with Gasteiger partial charge in [0.1, 0.15) is 12.4 Å². The maximum atomic E-state index is 13.1. The van der Waals surface area contributed by atoms with Gasteiger partial charge in [-0.2, -0.15) is 4.98 Å². The minimum Gasteiger partial charge on any atom is -0.490 e. The van der Waals surface area contributed by atoms with Crippen LogP contribution in [0.2, 0.25) is 0 Å². The molecule has 0 fully saturated rings. The zero-order valence-electron chi connectivity index (χ0n) is 17.3. The van der Waals surface area contributed by atoms with Crippen molar-refractivity contribution in [2.24, 2.45) is 0 Å². The predicted molar refractivity (Wildman–Crippen MR) is 120 cm³/mol. The molecule has 1 unspecified atom stereocenters. The van der Waals surface area contributed by atoms with Gasteiger partial charge in [0.25, 0.3) is 0 Å². The standard InChI is InChI=1S/C23H22N4O3S/c1-4-14-29-16-12-10-15(11-13-16)22-27(19(28)5-2)18-9-7-6-8-17(18)20-21(30-22)24-23(31-3)26-25-20/h4,6-13,22H,1,5,14H2,2-3H3. The maximum Gasteiger partial charge on any atom is 0.247 e. The van der Waals surface area contributed by atoms with Gasteiger partial charge in [0.05, 0.1) is 5.69 Å². The molecular weight excluding hydrogens is 412 g/mol. The number of carbonyl (C=O) groups is 1. The molecule has 0 saturated heterocycles. The second-order valence-electron chi connectivity index (χ2n) is 6.73. The van der Waals surface area contributed by atoms with Gasteiger partial charge >= 0.3 is 0 Å². The molecule has 0 saturated carbocycles. The molecule has 1 amide bonds. The van der Waals surface area contributed by atoms with E-state index in [0.29, 0.717) is 41.2 Å². The normalized spacial score (nSPS) is 14.6. The smallest absolute Gasteiger partial charge is 0.247 e. The first kappa shape index (κ1) is 20.9. The number of rotatable bonds is 6. The van der Waals surface area contributed by atoms with E-state index in [-0.39, 0.29) is 5.91 Å². The highest BCUT2D eigenvalue weighted by molar-refractivity contribution is 7.98. The van der Waals surface area contributed by atoms with E-state index in [1.807, 2.05) is 61.7 Å². The second-order valence-corrected chi connectivity index (χ2v) is 7.50. The van der Waals surface area contributed by atoms with E-state index >= 15 is 0 Å². The third-order valence-corrected chi connectivity index (χ3v) is 5.34. The lowest BCUT2D eigenvalue weighted by Gasteiger charge is -2.30. The number of carbonyl (C=O) groups excluding carboxylic acids is 1. The van der Waals surface area contributed by atoms with Crippen molar-refractivity contribution in [2.75, 3.05) is 17.8 Å². The Morgan fingerprint density at radius 1 is 1.23 bits per heavy atom. The van der Waals surface area contributed by atoms with E-state index in [2.05, 4.69) is 21.8 Å². The van der Waals surface area contributed by atoms with Gasteiger partial charge in [0.15, 0.2) is 5.69 Å². The maximum absolute atomic E-state index is 13.1. The van der Waals surface area contributed by atoms with Crippen molar-refractivity contribution in [1.29, 1.82) is 0 Å². The van der Waals surface area contributed by atoms with Crippen molar-refractivity contribution in [2.45, 2.75) is 24.7 Å². The number of aromatic nitrogens is 3. The summed E-state index contributed by atoms with van der Waals surface area (Å²) in [6, 6.07) is 15.0. The molecule has 8 heteroatoms. The summed E-state index contributed by atoms with van der Waals surface area (Å²) < 4.78 is 11.9. The van der Waals surface area contributed by atoms with E-state index < -0.39 is 6.23 Å². The van der Waals surface area contributed by atoms with Crippen molar-refractivity contribution >= 4 is 23.4 Å². The molecule has 158 valence electrons. The SMILES string of the molecule is C=CCOc1ccc(C2Oc3nc(SC)nnc3-c3ccccc3N2C(=O)CC)cc1. The first-order chi connectivity index (χ1) is 15.2. The molecule has 0 bridgehead atoms. The quantitative estimate of drug-likeness (QED) is 0.412. The summed E-state index contributed by atoms with van der Waals surface area (Å²) >= 11 is 1.38. The van der Waals surface area contributed by atoms with Gasteiger partial charge in [-0.05, 0) is 36.6 Å². The largest absolute Gasteiger partial charge is 0.490 e. The molecule has 0 aliphatic carbocycles. The van der Waals surface area contributed by atoms with E-state index in [1.54, 1.807) is 11.0 Å². The number of ether oxygens (including phenoxy) is 2. The van der Waals surface area contributed by atoms with E-state index in [9.17, 15) is 4.79 Å². The van der Waals surface area contributed by atoms with Crippen molar-refractivity contribution < 1.29 is 14.3 Å². The van der Waals surface area contributed by atoms with Crippen LogP contribution in [0, 0.1) is 0 Å². The lowest BCUT2D eigenvalue weighted by Crippen LogP contribution is -2.37. The Balaban J connectivity index is 1.86. The van der Waals surface area contributed by atoms with Crippen LogP contribution in [0.4, 0.5) is 5.69 Å². The third kappa shape index (κ3) is 4.11. The fraction of sp³-hybridized carbons (Fsp3) is 0.217.